The zero-order chi connectivity index (χ0) is 21.4. The molecule has 156 valence electrons. The van der Waals surface area contributed by atoms with Crippen molar-refractivity contribution in [1.29, 1.82) is 0 Å². The molecule has 4 aromatic rings. The first-order chi connectivity index (χ1) is 15.1. The second kappa shape index (κ2) is 7.89. The van der Waals surface area contributed by atoms with E-state index in [0.29, 0.717) is 6.54 Å². The molecular weight excluding hydrogens is 390 g/mol. The van der Waals surface area contributed by atoms with Gasteiger partial charge in [-0.15, -0.1) is 0 Å². The number of nitro groups is 1. The SMILES string of the molecule is COc1ccc2[nH]cc(C3c4ccccc4CCN3Cc3cccc([N+](=O)[O-])c3)c2c1. The van der Waals surface area contributed by atoms with Crippen LogP contribution < -0.4 is 4.74 Å². The van der Waals surface area contributed by atoms with E-state index in [1.807, 2.05) is 18.2 Å². The zero-order valence-electron chi connectivity index (χ0n) is 17.2. The molecule has 3 aromatic carbocycles. The molecule has 0 spiro atoms. The fourth-order valence-electron chi connectivity index (χ4n) is 4.63. The molecule has 1 aliphatic rings. The Bertz CT molecular complexity index is 1260. The molecular formula is C25H23N3O3. The van der Waals surface area contributed by atoms with Gasteiger partial charge >= 0.3 is 0 Å². The lowest BCUT2D eigenvalue weighted by Crippen LogP contribution is -2.35. The molecule has 0 amide bonds. The maximum Gasteiger partial charge on any atom is 0.269 e. The van der Waals surface area contributed by atoms with Crippen LogP contribution in [0.25, 0.3) is 10.9 Å². The van der Waals surface area contributed by atoms with E-state index in [4.69, 9.17) is 4.74 Å². The Morgan fingerprint density at radius 3 is 2.81 bits per heavy atom. The molecule has 0 saturated carbocycles. The van der Waals surface area contributed by atoms with Crippen LogP contribution in [0.4, 0.5) is 5.69 Å². The van der Waals surface area contributed by atoms with E-state index in [9.17, 15) is 10.1 Å². The summed E-state index contributed by atoms with van der Waals surface area (Å²) in [6.07, 6.45) is 3.03. The van der Waals surface area contributed by atoms with E-state index >= 15 is 0 Å². The highest BCUT2D eigenvalue weighted by atomic mass is 16.6. The summed E-state index contributed by atoms with van der Waals surface area (Å²) in [5.74, 6) is 0.822. The number of non-ortho nitro benzene ring substituents is 1. The van der Waals surface area contributed by atoms with Gasteiger partial charge in [0.05, 0.1) is 18.1 Å². The van der Waals surface area contributed by atoms with E-state index in [0.717, 1.165) is 35.2 Å². The highest BCUT2D eigenvalue weighted by molar-refractivity contribution is 5.85. The third-order valence-corrected chi connectivity index (χ3v) is 6.11. The summed E-state index contributed by atoms with van der Waals surface area (Å²) in [7, 11) is 1.68. The zero-order valence-corrected chi connectivity index (χ0v) is 17.2. The number of nitrogens with one attached hydrogen (secondary N) is 1. The number of nitro benzene ring substituents is 1. The Balaban J connectivity index is 1.60. The Labute approximate surface area is 180 Å². The number of aromatic nitrogens is 1. The van der Waals surface area contributed by atoms with Crippen molar-refractivity contribution < 1.29 is 9.66 Å². The first kappa shape index (κ1) is 19.3. The fraction of sp³-hybridized carbons (Fsp3) is 0.200. The van der Waals surface area contributed by atoms with Crippen LogP contribution in [0.1, 0.15) is 28.3 Å². The molecule has 2 heterocycles. The van der Waals surface area contributed by atoms with Crippen molar-refractivity contribution in [2.45, 2.75) is 19.0 Å². The molecule has 6 nitrogen and oxygen atoms in total. The van der Waals surface area contributed by atoms with E-state index < -0.39 is 0 Å². The normalized spacial score (nSPS) is 16.2. The quantitative estimate of drug-likeness (QED) is 0.359. The topological polar surface area (TPSA) is 71.4 Å². The Morgan fingerprint density at radius 1 is 1.10 bits per heavy atom. The Hall–Kier alpha value is -3.64. The molecule has 0 bridgehead atoms. The molecule has 0 radical (unpaired) electrons. The van der Waals surface area contributed by atoms with Gasteiger partial charge in [0.2, 0.25) is 0 Å². The van der Waals surface area contributed by atoms with Crippen molar-refractivity contribution in [3.05, 3.63) is 105 Å². The number of benzene rings is 3. The smallest absolute Gasteiger partial charge is 0.269 e. The largest absolute Gasteiger partial charge is 0.497 e. The third-order valence-electron chi connectivity index (χ3n) is 6.11. The van der Waals surface area contributed by atoms with Crippen molar-refractivity contribution in [3.63, 3.8) is 0 Å². The molecule has 0 aliphatic carbocycles. The minimum Gasteiger partial charge on any atom is -0.497 e. The van der Waals surface area contributed by atoms with Gasteiger partial charge in [-0.25, -0.2) is 0 Å². The average molecular weight is 413 g/mol. The maximum absolute atomic E-state index is 11.2. The molecule has 31 heavy (non-hydrogen) atoms. The number of aromatic amines is 1. The van der Waals surface area contributed by atoms with Crippen LogP contribution in [0.15, 0.2) is 72.9 Å². The average Bonchev–Trinajstić information content (AvgIpc) is 3.22. The van der Waals surface area contributed by atoms with Gasteiger partial charge in [0.15, 0.2) is 0 Å². The van der Waals surface area contributed by atoms with Gasteiger partial charge in [0, 0.05) is 42.3 Å². The van der Waals surface area contributed by atoms with Crippen LogP contribution in [0.3, 0.4) is 0 Å². The van der Waals surface area contributed by atoms with E-state index in [1.54, 1.807) is 25.3 Å². The second-order valence-electron chi connectivity index (χ2n) is 7.90. The molecule has 6 heteroatoms. The number of rotatable bonds is 5. The number of H-pyrrole nitrogens is 1. The summed E-state index contributed by atoms with van der Waals surface area (Å²) in [6, 6.07) is 21.6. The van der Waals surface area contributed by atoms with Crippen molar-refractivity contribution in [2.24, 2.45) is 0 Å². The molecule has 0 fully saturated rings. The van der Waals surface area contributed by atoms with Crippen LogP contribution >= 0.6 is 0 Å². The number of hydrogen-bond acceptors (Lipinski definition) is 4. The fourth-order valence-corrected chi connectivity index (χ4v) is 4.63. The molecule has 1 aromatic heterocycles. The van der Waals surface area contributed by atoms with Gasteiger partial charge in [0.1, 0.15) is 5.75 Å². The van der Waals surface area contributed by atoms with E-state index in [2.05, 4.69) is 46.4 Å². The third kappa shape index (κ3) is 3.55. The summed E-state index contributed by atoms with van der Waals surface area (Å²) < 4.78 is 5.47. The van der Waals surface area contributed by atoms with Crippen molar-refractivity contribution >= 4 is 16.6 Å². The first-order valence-corrected chi connectivity index (χ1v) is 10.3. The number of methoxy groups -OCH3 is 1. The van der Waals surface area contributed by atoms with Gasteiger partial charge in [-0.3, -0.25) is 15.0 Å². The summed E-state index contributed by atoms with van der Waals surface area (Å²) in [5.41, 5.74) is 5.95. The van der Waals surface area contributed by atoms with Gasteiger partial charge < -0.3 is 9.72 Å². The van der Waals surface area contributed by atoms with Crippen LogP contribution in [-0.2, 0) is 13.0 Å². The molecule has 0 saturated heterocycles. The number of hydrogen-bond donors (Lipinski definition) is 1. The van der Waals surface area contributed by atoms with Gasteiger partial charge in [-0.2, -0.15) is 0 Å². The summed E-state index contributed by atoms with van der Waals surface area (Å²) >= 11 is 0. The molecule has 1 N–H and O–H groups in total. The molecule has 5 rings (SSSR count). The van der Waals surface area contributed by atoms with Crippen molar-refractivity contribution in [1.82, 2.24) is 9.88 Å². The predicted octanol–water partition coefficient (Wildman–Crippen LogP) is 5.23. The molecule has 1 atom stereocenters. The van der Waals surface area contributed by atoms with Crippen LogP contribution in [0.2, 0.25) is 0 Å². The summed E-state index contributed by atoms with van der Waals surface area (Å²) in [6.45, 7) is 1.51. The highest BCUT2D eigenvalue weighted by Gasteiger charge is 2.30. The van der Waals surface area contributed by atoms with Gasteiger partial charge in [-0.1, -0.05) is 36.4 Å². The lowest BCUT2D eigenvalue weighted by Gasteiger charge is -2.37. The Morgan fingerprint density at radius 2 is 1.97 bits per heavy atom. The number of fused-ring (bicyclic) bond motifs is 2. The minimum atomic E-state index is -0.335. The maximum atomic E-state index is 11.2. The van der Waals surface area contributed by atoms with Gasteiger partial charge in [-0.05, 0) is 46.9 Å². The summed E-state index contributed by atoms with van der Waals surface area (Å²) in [4.78, 5) is 16.7. The standard InChI is InChI=1S/C25H23N3O3/c1-31-20-9-10-24-22(14-20)23(15-26-24)25-21-8-3-2-6-18(21)11-12-27(25)16-17-5-4-7-19(13-17)28(29)30/h2-10,13-15,25-26H,11-12,16H2,1H3. The van der Waals surface area contributed by atoms with E-state index in [-0.39, 0.29) is 16.7 Å². The van der Waals surface area contributed by atoms with Crippen molar-refractivity contribution in [2.75, 3.05) is 13.7 Å². The molecule has 1 unspecified atom stereocenters. The minimum absolute atomic E-state index is 0.0464. The Kier molecular flexibility index (Phi) is 4.92. The predicted molar refractivity (Wildman–Crippen MR) is 120 cm³/mol. The lowest BCUT2D eigenvalue weighted by atomic mass is 9.87. The van der Waals surface area contributed by atoms with Crippen LogP contribution in [0.5, 0.6) is 5.75 Å². The number of nitrogens with zero attached hydrogens (tertiary/aromatic N) is 2. The first-order valence-electron chi connectivity index (χ1n) is 10.3. The molecule has 1 aliphatic heterocycles. The second-order valence-corrected chi connectivity index (χ2v) is 7.90. The van der Waals surface area contributed by atoms with Gasteiger partial charge in [0.25, 0.3) is 5.69 Å². The van der Waals surface area contributed by atoms with Crippen LogP contribution in [0, 0.1) is 10.1 Å². The summed E-state index contributed by atoms with van der Waals surface area (Å²) in [5, 5.41) is 12.4. The van der Waals surface area contributed by atoms with Crippen molar-refractivity contribution in [3.8, 4) is 5.75 Å². The highest BCUT2D eigenvalue weighted by Crippen LogP contribution is 2.40. The number of ether oxygens (including phenoxy) is 1. The monoisotopic (exact) mass is 413 g/mol. The van der Waals surface area contributed by atoms with Crippen LogP contribution in [-0.4, -0.2) is 28.5 Å². The lowest BCUT2D eigenvalue weighted by molar-refractivity contribution is -0.384. The van der Waals surface area contributed by atoms with E-state index in [1.165, 1.54) is 16.7 Å².